The zero-order chi connectivity index (χ0) is 15.5. The van der Waals surface area contributed by atoms with Gasteiger partial charge < -0.3 is 4.98 Å². The Balaban J connectivity index is 2.07. The van der Waals surface area contributed by atoms with Crippen LogP contribution in [0.15, 0.2) is 52.2 Å². The van der Waals surface area contributed by atoms with Crippen molar-refractivity contribution in [1.29, 1.82) is 0 Å². The molecule has 1 fully saturated rings. The molecule has 0 radical (unpaired) electrons. The molecular formula is C19H21NOS. The van der Waals surface area contributed by atoms with Gasteiger partial charge in [-0.3, -0.25) is 4.79 Å². The Kier molecular flexibility index (Phi) is 4.53. The summed E-state index contributed by atoms with van der Waals surface area (Å²) < 4.78 is 0. The number of H-pyrrole nitrogens is 1. The van der Waals surface area contributed by atoms with Crippen LogP contribution in [0, 0.1) is 12.8 Å². The van der Waals surface area contributed by atoms with Gasteiger partial charge in [-0.2, -0.15) is 0 Å². The highest BCUT2D eigenvalue weighted by Crippen LogP contribution is 2.31. The quantitative estimate of drug-likeness (QED) is 0.798. The summed E-state index contributed by atoms with van der Waals surface area (Å²) in [6.07, 6.45) is 7.42. The largest absolute Gasteiger partial charge is 0.322 e. The van der Waals surface area contributed by atoms with Gasteiger partial charge in [0.1, 0.15) is 0 Å². The van der Waals surface area contributed by atoms with Crippen LogP contribution >= 0.6 is 12.6 Å². The summed E-state index contributed by atoms with van der Waals surface area (Å²) in [6, 6.07) is 12.0. The highest BCUT2D eigenvalue weighted by atomic mass is 32.1. The van der Waals surface area contributed by atoms with Crippen molar-refractivity contribution in [3.63, 3.8) is 0 Å². The van der Waals surface area contributed by atoms with E-state index < -0.39 is 0 Å². The minimum absolute atomic E-state index is 0.0133. The van der Waals surface area contributed by atoms with Crippen molar-refractivity contribution in [3.8, 4) is 0 Å². The van der Waals surface area contributed by atoms with Crippen LogP contribution in [-0.4, -0.2) is 4.98 Å². The SMILES string of the molecule is Cc1ccc(/C(=C/C2CCCC2)c2ccc(S)cc2)[nH]c1=O. The average Bonchev–Trinajstić information content (AvgIpc) is 3.02. The van der Waals surface area contributed by atoms with E-state index in [1.54, 1.807) is 0 Å². The van der Waals surface area contributed by atoms with Crippen molar-refractivity contribution in [2.45, 2.75) is 37.5 Å². The summed E-state index contributed by atoms with van der Waals surface area (Å²) in [6.45, 7) is 1.83. The Morgan fingerprint density at radius 1 is 1.14 bits per heavy atom. The number of rotatable bonds is 3. The third-order valence-corrected chi connectivity index (χ3v) is 4.68. The lowest BCUT2D eigenvalue weighted by Gasteiger charge is -2.12. The molecular weight excluding hydrogens is 290 g/mol. The third-order valence-electron chi connectivity index (χ3n) is 4.38. The molecule has 0 amide bonds. The fraction of sp³-hybridized carbons (Fsp3) is 0.316. The van der Waals surface area contributed by atoms with E-state index in [1.165, 1.54) is 25.7 Å². The standard InChI is InChI=1S/C19H21NOS/c1-13-6-11-18(20-19(13)21)17(12-14-4-2-3-5-14)15-7-9-16(22)10-8-15/h6-12,14,22H,2-5H2,1H3,(H,20,21)/b17-12+. The molecule has 0 aliphatic heterocycles. The highest BCUT2D eigenvalue weighted by molar-refractivity contribution is 7.80. The first kappa shape index (κ1) is 15.2. The smallest absolute Gasteiger partial charge is 0.251 e. The van der Waals surface area contributed by atoms with E-state index in [2.05, 4.69) is 35.8 Å². The second-order valence-electron chi connectivity index (χ2n) is 6.06. The summed E-state index contributed by atoms with van der Waals surface area (Å²) in [4.78, 5) is 15.9. The predicted octanol–water partition coefficient (Wildman–Crippen LogP) is 4.59. The summed E-state index contributed by atoms with van der Waals surface area (Å²) in [7, 11) is 0. The van der Waals surface area contributed by atoms with Crippen molar-refractivity contribution in [1.82, 2.24) is 4.98 Å². The van der Waals surface area contributed by atoms with E-state index in [-0.39, 0.29) is 5.56 Å². The Labute approximate surface area is 136 Å². The monoisotopic (exact) mass is 311 g/mol. The van der Waals surface area contributed by atoms with Gasteiger partial charge in [0, 0.05) is 21.7 Å². The van der Waals surface area contributed by atoms with Gasteiger partial charge in [-0.05, 0) is 49.4 Å². The summed E-state index contributed by atoms with van der Waals surface area (Å²) in [5, 5.41) is 0. The van der Waals surface area contributed by atoms with E-state index in [9.17, 15) is 4.79 Å². The van der Waals surface area contributed by atoms with Gasteiger partial charge in [0.2, 0.25) is 0 Å². The molecule has 1 saturated carbocycles. The molecule has 114 valence electrons. The van der Waals surface area contributed by atoms with Crippen LogP contribution < -0.4 is 5.56 Å². The molecule has 0 saturated heterocycles. The third kappa shape index (κ3) is 3.36. The number of allylic oxidation sites excluding steroid dienone is 1. The average molecular weight is 311 g/mol. The molecule has 2 aromatic rings. The van der Waals surface area contributed by atoms with Crippen LogP contribution in [0.3, 0.4) is 0 Å². The Bertz CT molecular complexity index is 737. The van der Waals surface area contributed by atoms with Crippen LogP contribution in [0.5, 0.6) is 0 Å². The number of pyridine rings is 1. The first-order valence-corrected chi connectivity index (χ1v) is 8.30. The molecule has 0 unspecified atom stereocenters. The maximum atomic E-state index is 12.0. The molecule has 0 atom stereocenters. The lowest BCUT2D eigenvalue weighted by Crippen LogP contribution is -2.11. The minimum atomic E-state index is -0.0133. The molecule has 1 heterocycles. The second kappa shape index (κ2) is 6.57. The maximum Gasteiger partial charge on any atom is 0.251 e. The van der Waals surface area contributed by atoms with Gasteiger partial charge in [0.05, 0.1) is 0 Å². The molecule has 22 heavy (non-hydrogen) atoms. The van der Waals surface area contributed by atoms with E-state index >= 15 is 0 Å². The molecule has 1 aromatic heterocycles. The molecule has 0 bridgehead atoms. The number of aromatic amines is 1. The van der Waals surface area contributed by atoms with Crippen LogP contribution in [0.4, 0.5) is 0 Å². The first-order chi connectivity index (χ1) is 10.6. The molecule has 1 aliphatic carbocycles. The summed E-state index contributed by atoms with van der Waals surface area (Å²) in [5.74, 6) is 0.607. The predicted molar refractivity (Wildman–Crippen MR) is 94.5 cm³/mol. The lowest BCUT2D eigenvalue weighted by molar-refractivity contribution is 0.687. The van der Waals surface area contributed by atoms with Crippen molar-refractivity contribution < 1.29 is 0 Å². The Morgan fingerprint density at radius 2 is 1.82 bits per heavy atom. The van der Waals surface area contributed by atoms with Crippen LogP contribution in [-0.2, 0) is 0 Å². The van der Waals surface area contributed by atoms with Crippen LogP contribution in [0.2, 0.25) is 0 Å². The van der Waals surface area contributed by atoms with Gasteiger partial charge in [-0.1, -0.05) is 37.1 Å². The fourth-order valence-electron chi connectivity index (χ4n) is 3.05. The second-order valence-corrected chi connectivity index (χ2v) is 6.57. The molecule has 0 spiro atoms. The minimum Gasteiger partial charge on any atom is -0.322 e. The van der Waals surface area contributed by atoms with E-state index in [0.717, 1.165) is 27.3 Å². The maximum absolute atomic E-state index is 12.0. The molecule has 3 rings (SSSR count). The number of thiol groups is 1. The van der Waals surface area contributed by atoms with Crippen LogP contribution in [0.25, 0.3) is 5.57 Å². The van der Waals surface area contributed by atoms with Crippen molar-refractivity contribution >= 4 is 18.2 Å². The van der Waals surface area contributed by atoms with Crippen molar-refractivity contribution in [3.05, 3.63) is 69.6 Å². The van der Waals surface area contributed by atoms with E-state index in [1.807, 2.05) is 31.2 Å². The van der Waals surface area contributed by atoms with Gasteiger partial charge in [-0.15, -0.1) is 12.6 Å². The van der Waals surface area contributed by atoms with Crippen molar-refractivity contribution in [2.75, 3.05) is 0 Å². The fourth-order valence-corrected chi connectivity index (χ4v) is 3.20. The number of aryl methyl sites for hydroxylation is 1. The summed E-state index contributed by atoms with van der Waals surface area (Å²) >= 11 is 4.36. The molecule has 3 heteroatoms. The molecule has 1 aliphatic rings. The lowest BCUT2D eigenvalue weighted by atomic mass is 9.96. The van der Waals surface area contributed by atoms with Gasteiger partial charge in [0.25, 0.3) is 5.56 Å². The van der Waals surface area contributed by atoms with E-state index in [4.69, 9.17) is 0 Å². The normalized spacial score (nSPS) is 16.2. The highest BCUT2D eigenvalue weighted by Gasteiger charge is 2.15. The van der Waals surface area contributed by atoms with Gasteiger partial charge in [-0.25, -0.2) is 0 Å². The Morgan fingerprint density at radius 3 is 2.45 bits per heavy atom. The number of hydrogen-bond donors (Lipinski definition) is 2. The molecule has 1 aromatic carbocycles. The first-order valence-electron chi connectivity index (χ1n) is 7.85. The molecule has 1 N–H and O–H groups in total. The van der Waals surface area contributed by atoms with E-state index in [0.29, 0.717) is 5.92 Å². The number of benzene rings is 1. The van der Waals surface area contributed by atoms with Crippen LogP contribution in [0.1, 0.15) is 42.5 Å². The summed E-state index contributed by atoms with van der Waals surface area (Å²) in [5.41, 5.74) is 3.88. The number of aromatic nitrogens is 1. The zero-order valence-electron chi connectivity index (χ0n) is 12.8. The van der Waals surface area contributed by atoms with Crippen molar-refractivity contribution in [2.24, 2.45) is 5.92 Å². The molecule has 2 nitrogen and oxygen atoms in total. The Hall–Kier alpha value is -1.74. The topological polar surface area (TPSA) is 32.9 Å². The number of hydrogen-bond acceptors (Lipinski definition) is 2. The number of nitrogens with one attached hydrogen (secondary N) is 1. The van der Waals surface area contributed by atoms with Gasteiger partial charge >= 0.3 is 0 Å². The van der Waals surface area contributed by atoms with Gasteiger partial charge in [0.15, 0.2) is 0 Å². The zero-order valence-corrected chi connectivity index (χ0v) is 13.7.